The number of carbonyl (C=O) groups excluding carboxylic acids is 2. The monoisotopic (exact) mass is 642 g/mol. The average Bonchev–Trinajstić information content (AvgIpc) is 3.12. The van der Waals surface area contributed by atoms with Gasteiger partial charge < -0.3 is 29.2 Å². The van der Waals surface area contributed by atoms with Gasteiger partial charge in [-0.1, -0.05) is 30.3 Å². The second-order valence-corrected chi connectivity index (χ2v) is 10.9. The van der Waals surface area contributed by atoms with E-state index >= 15 is 0 Å². The number of methoxy groups -OCH3 is 3. The van der Waals surface area contributed by atoms with Gasteiger partial charge in [0.25, 0.3) is 0 Å². The van der Waals surface area contributed by atoms with Gasteiger partial charge in [-0.3, -0.25) is 9.59 Å². The molecular weight excluding hydrogens is 608 g/mol. The maximum atomic E-state index is 13.3. The van der Waals surface area contributed by atoms with Gasteiger partial charge in [0.2, 0.25) is 0 Å². The minimum absolute atomic E-state index is 0.259. The summed E-state index contributed by atoms with van der Waals surface area (Å²) in [5.41, 5.74) is 4.85. The second kappa shape index (κ2) is 14.6. The molecule has 6 rings (SSSR count). The van der Waals surface area contributed by atoms with Gasteiger partial charge in [-0.15, -0.1) is 0 Å². The van der Waals surface area contributed by atoms with Crippen LogP contribution in [-0.4, -0.2) is 56.1 Å². The molecule has 0 unspecified atom stereocenters. The molecule has 1 heterocycles. The first-order valence-corrected chi connectivity index (χ1v) is 15.3. The first-order chi connectivity index (χ1) is 23.5. The molecule has 48 heavy (non-hydrogen) atoms. The molecule has 5 aromatic rings. The van der Waals surface area contributed by atoms with Crippen LogP contribution in [0.3, 0.4) is 0 Å². The Balaban J connectivity index is 1.45. The fourth-order valence-corrected chi connectivity index (χ4v) is 5.44. The molecule has 0 aliphatic heterocycles. The molecule has 1 aliphatic rings. The summed E-state index contributed by atoms with van der Waals surface area (Å²) in [5.74, 6) is 1.78. The van der Waals surface area contributed by atoms with Crippen molar-refractivity contribution in [1.29, 1.82) is 0 Å². The zero-order valence-electron chi connectivity index (χ0n) is 26.8. The molecule has 1 aliphatic carbocycles. The lowest BCUT2D eigenvalue weighted by atomic mass is 9.93. The van der Waals surface area contributed by atoms with E-state index in [4.69, 9.17) is 18.9 Å². The van der Waals surface area contributed by atoms with Crippen molar-refractivity contribution in [1.82, 2.24) is 9.97 Å². The van der Waals surface area contributed by atoms with Crippen LogP contribution in [0.4, 0.5) is 22.9 Å². The van der Waals surface area contributed by atoms with E-state index in [0.717, 1.165) is 22.7 Å². The fourth-order valence-electron chi connectivity index (χ4n) is 5.44. The van der Waals surface area contributed by atoms with Crippen molar-refractivity contribution in [3.63, 3.8) is 0 Å². The van der Waals surface area contributed by atoms with Crippen molar-refractivity contribution >= 4 is 50.9 Å². The Labute approximate surface area is 278 Å². The predicted molar refractivity (Wildman–Crippen MR) is 186 cm³/mol. The number of benzene rings is 4. The topological polar surface area (TPSA) is 112 Å². The maximum absolute atomic E-state index is 13.3. The van der Waals surface area contributed by atoms with Crippen molar-refractivity contribution in [3.05, 3.63) is 121 Å². The number of rotatable bonds is 13. The van der Waals surface area contributed by atoms with E-state index in [1.54, 1.807) is 27.4 Å². The van der Waals surface area contributed by atoms with Crippen molar-refractivity contribution in [2.75, 3.05) is 44.8 Å². The van der Waals surface area contributed by atoms with E-state index in [1.807, 2.05) is 78.9 Å². The molecule has 1 aromatic heterocycles. The number of allylic oxidation sites excluding steroid dienone is 4. The number of ketones is 2. The zero-order valence-corrected chi connectivity index (χ0v) is 26.8. The first kappa shape index (κ1) is 32.0. The molecule has 0 saturated carbocycles. The van der Waals surface area contributed by atoms with Crippen LogP contribution >= 0.6 is 0 Å². The van der Waals surface area contributed by atoms with Gasteiger partial charge in [-0.25, -0.2) is 9.97 Å². The SMILES string of the molecule is COCCOc1cc2ncnc(Nc3ccc(N(Cc4ccccc4)c4ccc(OC)cc4)c(C4=CC(=O)C=CC4=O)c3)c2cc1OC. The lowest BCUT2D eigenvalue weighted by Gasteiger charge is -2.29. The lowest BCUT2D eigenvalue weighted by Crippen LogP contribution is -2.19. The largest absolute Gasteiger partial charge is 0.497 e. The van der Waals surface area contributed by atoms with Crippen LogP contribution in [-0.2, 0) is 20.9 Å². The Bertz CT molecular complexity index is 2010. The Morgan fingerprint density at radius 1 is 0.792 bits per heavy atom. The first-order valence-electron chi connectivity index (χ1n) is 15.3. The number of nitrogens with one attached hydrogen (secondary N) is 1. The van der Waals surface area contributed by atoms with Crippen molar-refractivity contribution in [2.24, 2.45) is 0 Å². The molecule has 1 N–H and O–H groups in total. The summed E-state index contributed by atoms with van der Waals surface area (Å²) < 4.78 is 22.0. The van der Waals surface area contributed by atoms with Gasteiger partial charge in [-0.2, -0.15) is 0 Å². The molecule has 10 heteroatoms. The fraction of sp³-hybridized carbons (Fsp3) is 0.158. The number of nitrogens with zero attached hydrogens (tertiary/aromatic N) is 3. The van der Waals surface area contributed by atoms with E-state index in [1.165, 1.54) is 24.6 Å². The molecular formula is C38H34N4O6. The number of fused-ring (bicyclic) bond motifs is 1. The highest BCUT2D eigenvalue weighted by Crippen LogP contribution is 2.39. The Morgan fingerprint density at radius 3 is 2.35 bits per heavy atom. The van der Waals surface area contributed by atoms with Crippen LogP contribution in [0.5, 0.6) is 17.2 Å². The minimum Gasteiger partial charge on any atom is -0.497 e. The maximum Gasteiger partial charge on any atom is 0.186 e. The van der Waals surface area contributed by atoms with Crippen LogP contribution < -0.4 is 24.4 Å². The summed E-state index contributed by atoms with van der Waals surface area (Å²) in [6.45, 7) is 1.29. The number of hydrogen-bond acceptors (Lipinski definition) is 10. The lowest BCUT2D eigenvalue weighted by molar-refractivity contribution is -0.113. The Hall–Kier alpha value is -6.00. The van der Waals surface area contributed by atoms with E-state index in [0.29, 0.717) is 64.8 Å². The van der Waals surface area contributed by atoms with Crippen molar-refractivity contribution in [2.45, 2.75) is 6.54 Å². The molecule has 4 aromatic carbocycles. The number of ether oxygens (including phenoxy) is 4. The molecule has 0 spiro atoms. The Morgan fingerprint density at radius 2 is 1.60 bits per heavy atom. The quantitative estimate of drug-likeness (QED) is 0.108. The smallest absolute Gasteiger partial charge is 0.186 e. The Kier molecular flexibility index (Phi) is 9.73. The highest BCUT2D eigenvalue weighted by Gasteiger charge is 2.23. The summed E-state index contributed by atoms with van der Waals surface area (Å²) >= 11 is 0. The number of aromatic nitrogens is 2. The predicted octanol–water partition coefficient (Wildman–Crippen LogP) is 6.85. The molecule has 0 radical (unpaired) electrons. The molecule has 0 fully saturated rings. The second-order valence-electron chi connectivity index (χ2n) is 10.9. The summed E-state index contributed by atoms with van der Waals surface area (Å²) in [5, 5.41) is 4.11. The van der Waals surface area contributed by atoms with Crippen LogP contribution in [0.1, 0.15) is 11.1 Å². The number of carbonyl (C=O) groups is 2. The minimum atomic E-state index is -0.263. The van der Waals surface area contributed by atoms with Gasteiger partial charge in [-0.05, 0) is 72.3 Å². The summed E-state index contributed by atoms with van der Waals surface area (Å²) in [7, 11) is 4.80. The molecule has 0 atom stereocenters. The van der Waals surface area contributed by atoms with Crippen LogP contribution in [0, 0.1) is 0 Å². The van der Waals surface area contributed by atoms with Crippen molar-refractivity contribution in [3.8, 4) is 17.2 Å². The molecule has 10 nitrogen and oxygen atoms in total. The number of hydrogen-bond donors (Lipinski definition) is 1. The number of anilines is 4. The van der Waals surface area contributed by atoms with Gasteiger partial charge in [0.05, 0.1) is 26.3 Å². The normalized spacial score (nSPS) is 12.5. The van der Waals surface area contributed by atoms with Crippen LogP contribution in [0.2, 0.25) is 0 Å². The van der Waals surface area contributed by atoms with Crippen LogP contribution in [0.25, 0.3) is 16.5 Å². The third-order valence-corrected chi connectivity index (χ3v) is 7.82. The summed E-state index contributed by atoms with van der Waals surface area (Å²) in [6, 6.07) is 27.1. The highest BCUT2D eigenvalue weighted by atomic mass is 16.5. The van der Waals surface area contributed by atoms with Gasteiger partial charge in [0, 0.05) is 53.3 Å². The van der Waals surface area contributed by atoms with Gasteiger partial charge in [0.1, 0.15) is 24.5 Å². The molecule has 242 valence electrons. The van der Waals surface area contributed by atoms with Crippen molar-refractivity contribution < 1.29 is 28.5 Å². The van der Waals surface area contributed by atoms with Gasteiger partial charge >= 0.3 is 0 Å². The van der Waals surface area contributed by atoms with E-state index in [-0.39, 0.29) is 11.6 Å². The third-order valence-electron chi connectivity index (χ3n) is 7.82. The third kappa shape index (κ3) is 7.03. The molecule has 0 saturated heterocycles. The standard InChI is InChI=1S/C38H34N4O6/c1-45-17-18-48-37-22-33-32(21-36(37)47-3)38(40-24-39-33)41-26-9-15-34(30(19-26)31-20-28(43)12-16-35(31)44)42(23-25-7-5-4-6-8-25)27-10-13-29(46-2)14-11-27/h4-16,19-22,24H,17-18,23H2,1-3H3,(H,39,40,41). The van der Waals surface area contributed by atoms with E-state index in [9.17, 15) is 9.59 Å². The average molecular weight is 643 g/mol. The molecule has 0 amide bonds. The summed E-state index contributed by atoms with van der Waals surface area (Å²) in [6.07, 6.45) is 5.45. The van der Waals surface area contributed by atoms with Gasteiger partial charge in [0.15, 0.2) is 23.1 Å². The van der Waals surface area contributed by atoms with Crippen LogP contribution in [0.15, 0.2) is 109 Å². The zero-order chi connectivity index (χ0) is 33.5. The highest BCUT2D eigenvalue weighted by molar-refractivity contribution is 6.34. The summed E-state index contributed by atoms with van der Waals surface area (Å²) in [4.78, 5) is 37.0. The van der Waals surface area contributed by atoms with E-state index < -0.39 is 0 Å². The molecule has 0 bridgehead atoms. The van der Waals surface area contributed by atoms with E-state index in [2.05, 4.69) is 20.2 Å².